The number of nitrogens with zero attached hydrogens (tertiary/aromatic N) is 3. The molecule has 0 bridgehead atoms. The molecule has 5 rings (SSSR count). The molecule has 0 aromatic heterocycles. The van der Waals surface area contributed by atoms with Crippen molar-refractivity contribution in [1.29, 1.82) is 10.5 Å². The molecule has 4 heteroatoms. The lowest BCUT2D eigenvalue weighted by molar-refractivity contribution is 0.168. The van der Waals surface area contributed by atoms with Crippen molar-refractivity contribution in [2.45, 2.75) is 18.0 Å². The third-order valence-electron chi connectivity index (χ3n) is 6.61. The minimum Gasteiger partial charge on any atom is -0.283 e. The summed E-state index contributed by atoms with van der Waals surface area (Å²) < 4.78 is 0.979. The van der Waals surface area contributed by atoms with E-state index in [1.54, 1.807) is 0 Å². The van der Waals surface area contributed by atoms with Crippen LogP contribution in [0.4, 0.5) is 0 Å². The fraction of sp³-hybridized carbons (Fsp3) is 0.200. The molecule has 0 amide bonds. The Morgan fingerprint density at radius 3 is 1.90 bits per heavy atom. The summed E-state index contributed by atoms with van der Waals surface area (Å²) >= 11 is 3.49. The van der Waals surface area contributed by atoms with Crippen LogP contribution in [0.2, 0.25) is 0 Å². The van der Waals surface area contributed by atoms with Gasteiger partial charge in [-0.25, -0.2) is 0 Å². The van der Waals surface area contributed by atoms with Gasteiger partial charge in [0.25, 0.3) is 0 Å². The van der Waals surface area contributed by atoms with E-state index in [0.29, 0.717) is 6.42 Å². The second kappa shape index (κ2) is 6.29. The van der Waals surface area contributed by atoms with Crippen molar-refractivity contribution in [3.8, 4) is 23.3 Å². The lowest BCUT2D eigenvalue weighted by Crippen LogP contribution is -2.39. The van der Waals surface area contributed by atoms with Gasteiger partial charge in [-0.2, -0.15) is 10.5 Å². The predicted molar refractivity (Wildman–Crippen MR) is 116 cm³/mol. The Morgan fingerprint density at radius 1 is 0.862 bits per heavy atom. The van der Waals surface area contributed by atoms with E-state index in [2.05, 4.69) is 76.4 Å². The monoisotopic (exact) mass is 439 g/mol. The smallest absolute Gasteiger partial charge is 0.165 e. The maximum Gasteiger partial charge on any atom is 0.165 e. The molecule has 0 radical (unpaired) electrons. The first-order valence-electron chi connectivity index (χ1n) is 9.58. The fourth-order valence-electron chi connectivity index (χ4n) is 5.43. The lowest BCUT2D eigenvalue weighted by atomic mass is 9.74. The molecule has 3 aromatic rings. The molecule has 1 aliphatic carbocycles. The normalized spacial score (nSPS) is 20.6. The second-order valence-corrected chi connectivity index (χ2v) is 8.80. The van der Waals surface area contributed by atoms with Gasteiger partial charge in [0.15, 0.2) is 5.41 Å². The van der Waals surface area contributed by atoms with Gasteiger partial charge in [-0.05, 0) is 47.0 Å². The van der Waals surface area contributed by atoms with Crippen LogP contribution in [0.25, 0.3) is 11.1 Å². The minimum atomic E-state index is -1.15. The van der Waals surface area contributed by atoms with Crippen LogP contribution in [-0.2, 0) is 5.54 Å². The first kappa shape index (κ1) is 18.1. The Hall–Kier alpha value is -2.92. The fourth-order valence-corrected chi connectivity index (χ4v) is 5.69. The van der Waals surface area contributed by atoms with Crippen molar-refractivity contribution >= 4 is 15.9 Å². The summed E-state index contributed by atoms with van der Waals surface area (Å²) in [5.41, 5.74) is 4.07. The molecule has 1 fully saturated rings. The maximum atomic E-state index is 10.3. The van der Waals surface area contributed by atoms with Crippen molar-refractivity contribution in [3.05, 3.63) is 94.0 Å². The van der Waals surface area contributed by atoms with Gasteiger partial charge in [-0.1, -0.05) is 76.6 Å². The van der Waals surface area contributed by atoms with Crippen molar-refractivity contribution in [2.75, 3.05) is 7.05 Å². The Labute approximate surface area is 179 Å². The summed E-state index contributed by atoms with van der Waals surface area (Å²) in [4.78, 5) is 2.26. The Balaban J connectivity index is 1.81. The van der Waals surface area contributed by atoms with Crippen LogP contribution in [0.5, 0.6) is 0 Å². The largest absolute Gasteiger partial charge is 0.283 e. The molecular weight excluding hydrogens is 422 g/mol. The van der Waals surface area contributed by atoms with Gasteiger partial charge in [0, 0.05) is 10.9 Å². The molecule has 1 heterocycles. The van der Waals surface area contributed by atoms with E-state index < -0.39 is 11.0 Å². The van der Waals surface area contributed by atoms with Gasteiger partial charge >= 0.3 is 0 Å². The van der Waals surface area contributed by atoms with Gasteiger partial charge in [0.2, 0.25) is 0 Å². The maximum absolute atomic E-state index is 10.3. The molecule has 140 valence electrons. The summed E-state index contributed by atoms with van der Waals surface area (Å²) in [6.45, 7) is 0. The van der Waals surface area contributed by atoms with E-state index in [-0.39, 0.29) is 6.04 Å². The van der Waals surface area contributed by atoms with E-state index in [4.69, 9.17) is 0 Å². The molecule has 1 aliphatic heterocycles. The van der Waals surface area contributed by atoms with Gasteiger partial charge < -0.3 is 0 Å². The summed E-state index contributed by atoms with van der Waals surface area (Å²) in [6.07, 6.45) is 0.443. The van der Waals surface area contributed by atoms with E-state index in [1.165, 1.54) is 22.3 Å². The van der Waals surface area contributed by atoms with E-state index in [1.807, 2.05) is 36.4 Å². The predicted octanol–water partition coefficient (Wildman–Crippen LogP) is 5.78. The number of hydrogen-bond acceptors (Lipinski definition) is 3. The highest BCUT2D eigenvalue weighted by atomic mass is 79.9. The number of halogens is 1. The number of fused-ring (bicyclic) bond motifs is 5. The average Bonchev–Trinajstić information content (AvgIpc) is 3.20. The van der Waals surface area contributed by atoms with E-state index >= 15 is 0 Å². The van der Waals surface area contributed by atoms with E-state index in [9.17, 15) is 10.5 Å². The van der Waals surface area contributed by atoms with Gasteiger partial charge in [-0.15, -0.1) is 0 Å². The molecule has 1 saturated heterocycles. The van der Waals surface area contributed by atoms with E-state index in [0.717, 1.165) is 10.0 Å². The standard InChI is InChI=1S/C25H18BrN3/c1-29-23(17-10-12-18(26)13-11-17)24(15-27,16-28)14-25(29)21-8-4-2-6-19(21)20-7-3-5-9-22(20)25/h2-13,23H,14H2,1H3/t23-/m1/s1. The zero-order valence-electron chi connectivity index (χ0n) is 15.9. The van der Waals surface area contributed by atoms with Crippen LogP contribution in [0.3, 0.4) is 0 Å². The zero-order chi connectivity index (χ0) is 20.2. The average molecular weight is 440 g/mol. The van der Waals surface area contributed by atoms with Crippen molar-refractivity contribution < 1.29 is 0 Å². The van der Waals surface area contributed by atoms with Crippen LogP contribution < -0.4 is 0 Å². The second-order valence-electron chi connectivity index (χ2n) is 7.89. The molecule has 3 nitrogen and oxygen atoms in total. The number of rotatable bonds is 1. The molecule has 2 aliphatic rings. The van der Waals surface area contributed by atoms with Crippen LogP contribution in [0, 0.1) is 28.1 Å². The van der Waals surface area contributed by atoms with Crippen LogP contribution in [0.1, 0.15) is 29.2 Å². The topological polar surface area (TPSA) is 50.8 Å². The lowest BCUT2D eigenvalue weighted by Gasteiger charge is -2.37. The van der Waals surface area contributed by atoms with Gasteiger partial charge in [-0.3, -0.25) is 4.90 Å². The van der Waals surface area contributed by atoms with Gasteiger partial charge in [0.1, 0.15) is 0 Å². The summed E-state index contributed by atoms with van der Waals surface area (Å²) in [5.74, 6) is 0. The summed E-state index contributed by atoms with van der Waals surface area (Å²) in [7, 11) is 2.06. The number of benzene rings is 3. The first-order valence-corrected chi connectivity index (χ1v) is 10.4. The third kappa shape index (κ3) is 2.25. The highest BCUT2D eigenvalue weighted by Crippen LogP contribution is 2.64. The number of likely N-dealkylation sites (tertiary alicyclic amines) is 1. The molecule has 1 atom stereocenters. The number of hydrogen-bond donors (Lipinski definition) is 0. The highest BCUT2D eigenvalue weighted by molar-refractivity contribution is 9.10. The SMILES string of the molecule is CN1[C@H](c2ccc(Br)cc2)C(C#N)(C#N)CC12c1ccccc1-c1ccccc12. The van der Waals surface area contributed by atoms with Crippen molar-refractivity contribution in [3.63, 3.8) is 0 Å². The molecule has 3 aromatic carbocycles. The van der Waals surface area contributed by atoms with Crippen LogP contribution in [-0.4, -0.2) is 11.9 Å². The Morgan fingerprint density at radius 2 is 1.38 bits per heavy atom. The van der Waals surface area contributed by atoms with Crippen molar-refractivity contribution in [2.24, 2.45) is 5.41 Å². The third-order valence-corrected chi connectivity index (χ3v) is 7.14. The first-order chi connectivity index (χ1) is 14.1. The molecular formula is C25H18BrN3. The summed E-state index contributed by atoms with van der Waals surface area (Å²) in [5, 5.41) is 20.5. The Kier molecular flexibility index (Phi) is 3.93. The summed E-state index contributed by atoms with van der Waals surface area (Å²) in [6, 6.07) is 29.3. The quantitative estimate of drug-likeness (QED) is 0.482. The molecule has 0 N–H and O–H groups in total. The van der Waals surface area contributed by atoms with Crippen LogP contribution >= 0.6 is 15.9 Å². The van der Waals surface area contributed by atoms with Gasteiger partial charge in [0.05, 0.1) is 23.7 Å². The Bertz CT molecular complexity index is 1140. The van der Waals surface area contributed by atoms with Crippen molar-refractivity contribution in [1.82, 2.24) is 4.90 Å². The minimum absolute atomic E-state index is 0.329. The molecule has 0 unspecified atom stereocenters. The highest BCUT2D eigenvalue weighted by Gasteiger charge is 2.63. The zero-order valence-corrected chi connectivity index (χ0v) is 17.5. The molecule has 1 spiro atoms. The molecule has 0 saturated carbocycles. The van der Waals surface area contributed by atoms with Crippen LogP contribution in [0.15, 0.2) is 77.3 Å². The molecule has 29 heavy (non-hydrogen) atoms. The number of nitriles is 2.